The summed E-state index contributed by atoms with van der Waals surface area (Å²) in [4.78, 5) is 12.3. The number of nitrogens with one attached hydrogen (secondary N) is 1. The highest BCUT2D eigenvalue weighted by Gasteiger charge is 2.23. The number of carbonyl (C=O) groups excluding carboxylic acids is 1. The predicted molar refractivity (Wildman–Crippen MR) is 90.6 cm³/mol. The van der Waals surface area contributed by atoms with Gasteiger partial charge in [0, 0.05) is 6.20 Å². The molecule has 1 amide bonds. The first kappa shape index (κ1) is 16.0. The lowest BCUT2D eigenvalue weighted by molar-refractivity contribution is -0.124. The van der Waals surface area contributed by atoms with E-state index in [0.29, 0.717) is 11.6 Å². The number of hydrogen-bond acceptors (Lipinski definition) is 4. The predicted octanol–water partition coefficient (Wildman–Crippen LogP) is 2.62. The molecule has 1 aromatic carbocycles. The topological polar surface area (TPSA) is 68.5 Å². The van der Waals surface area contributed by atoms with Crippen LogP contribution in [0.15, 0.2) is 54.7 Å². The summed E-state index contributed by atoms with van der Waals surface area (Å²) in [6, 6.07) is 14.7. The van der Waals surface area contributed by atoms with Crippen molar-refractivity contribution in [1.82, 2.24) is 19.9 Å². The first-order chi connectivity index (χ1) is 11.6. The lowest BCUT2D eigenvalue weighted by atomic mass is 10.0. The van der Waals surface area contributed by atoms with E-state index in [2.05, 4.69) is 15.5 Å². The summed E-state index contributed by atoms with van der Waals surface area (Å²) in [6.07, 6.45) is 1.90. The fourth-order valence-electron chi connectivity index (χ4n) is 2.48. The van der Waals surface area contributed by atoms with E-state index >= 15 is 0 Å². The Bertz CT molecular complexity index is 814. The minimum Gasteiger partial charge on any atom is -0.484 e. The Kier molecular flexibility index (Phi) is 4.74. The van der Waals surface area contributed by atoms with Gasteiger partial charge in [-0.1, -0.05) is 38.1 Å². The van der Waals surface area contributed by atoms with Crippen LogP contribution in [0.5, 0.6) is 5.75 Å². The molecule has 1 unspecified atom stereocenters. The van der Waals surface area contributed by atoms with Crippen molar-refractivity contribution < 1.29 is 9.53 Å². The fraction of sp³-hybridized carbons (Fsp3) is 0.278. The van der Waals surface area contributed by atoms with Crippen LogP contribution in [0.3, 0.4) is 0 Å². The molecule has 0 fully saturated rings. The van der Waals surface area contributed by atoms with Crippen molar-refractivity contribution in [2.45, 2.75) is 19.9 Å². The second kappa shape index (κ2) is 7.12. The Morgan fingerprint density at radius 2 is 1.88 bits per heavy atom. The molecule has 6 nitrogen and oxygen atoms in total. The number of pyridine rings is 1. The number of aromatic nitrogens is 3. The van der Waals surface area contributed by atoms with Gasteiger partial charge in [0.25, 0.3) is 5.91 Å². The first-order valence-electron chi connectivity index (χ1n) is 7.92. The highest BCUT2D eigenvalue weighted by atomic mass is 16.5. The van der Waals surface area contributed by atoms with Crippen LogP contribution in [0.2, 0.25) is 0 Å². The number of nitrogens with zero attached hydrogens (tertiary/aromatic N) is 3. The standard InChI is InChI=1S/C18H20N4O2/c1-13(2)17(18-21-20-15-10-6-7-11-22(15)18)19-16(23)12-24-14-8-4-3-5-9-14/h3-11,13,17H,12H2,1-2H3,(H,19,23). The molecular formula is C18H20N4O2. The summed E-state index contributed by atoms with van der Waals surface area (Å²) in [5.74, 6) is 1.36. The van der Waals surface area contributed by atoms with Crippen molar-refractivity contribution in [2.75, 3.05) is 6.61 Å². The average Bonchev–Trinajstić information content (AvgIpc) is 3.02. The number of hydrogen-bond donors (Lipinski definition) is 1. The quantitative estimate of drug-likeness (QED) is 0.757. The molecule has 3 rings (SSSR count). The number of rotatable bonds is 6. The Morgan fingerprint density at radius 3 is 2.62 bits per heavy atom. The summed E-state index contributed by atoms with van der Waals surface area (Å²) in [6.45, 7) is 4.03. The minimum absolute atomic E-state index is 0.0377. The Labute approximate surface area is 140 Å². The molecule has 0 spiro atoms. The molecule has 6 heteroatoms. The summed E-state index contributed by atoms with van der Waals surface area (Å²) in [5, 5.41) is 11.4. The van der Waals surface area contributed by atoms with E-state index in [1.165, 1.54) is 0 Å². The lowest BCUT2D eigenvalue weighted by Crippen LogP contribution is -2.36. The number of carbonyl (C=O) groups is 1. The third-order valence-electron chi connectivity index (χ3n) is 3.71. The van der Waals surface area contributed by atoms with Crippen LogP contribution in [-0.4, -0.2) is 27.1 Å². The molecule has 2 aromatic heterocycles. The van der Waals surface area contributed by atoms with E-state index in [4.69, 9.17) is 4.74 Å². The summed E-state index contributed by atoms with van der Waals surface area (Å²) < 4.78 is 7.39. The number of benzene rings is 1. The van der Waals surface area contributed by atoms with E-state index in [1.807, 2.05) is 73.0 Å². The van der Waals surface area contributed by atoms with Gasteiger partial charge in [0.1, 0.15) is 5.75 Å². The molecule has 3 aromatic rings. The first-order valence-corrected chi connectivity index (χ1v) is 7.92. The van der Waals surface area contributed by atoms with Gasteiger partial charge in [0.05, 0.1) is 6.04 Å². The van der Waals surface area contributed by atoms with Crippen LogP contribution in [0.1, 0.15) is 25.7 Å². The second-order valence-corrected chi connectivity index (χ2v) is 5.88. The van der Waals surface area contributed by atoms with Crippen LogP contribution >= 0.6 is 0 Å². The third-order valence-corrected chi connectivity index (χ3v) is 3.71. The Balaban J connectivity index is 1.71. The largest absolute Gasteiger partial charge is 0.484 e. The molecule has 124 valence electrons. The Morgan fingerprint density at radius 1 is 1.12 bits per heavy atom. The normalized spacial score (nSPS) is 12.3. The van der Waals surface area contributed by atoms with Crippen molar-refractivity contribution in [2.24, 2.45) is 5.92 Å². The van der Waals surface area contributed by atoms with Crippen molar-refractivity contribution in [3.8, 4) is 5.75 Å². The van der Waals surface area contributed by atoms with E-state index in [0.717, 1.165) is 5.65 Å². The molecule has 0 radical (unpaired) electrons. The fourth-order valence-corrected chi connectivity index (χ4v) is 2.48. The summed E-state index contributed by atoms with van der Waals surface area (Å²) in [5.41, 5.74) is 0.757. The van der Waals surface area contributed by atoms with E-state index in [-0.39, 0.29) is 24.5 Å². The maximum absolute atomic E-state index is 12.3. The van der Waals surface area contributed by atoms with Crippen LogP contribution in [0.25, 0.3) is 5.65 Å². The average molecular weight is 324 g/mol. The van der Waals surface area contributed by atoms with Crippen LogP contribution in [0, 0.1) is 5.92 Å². The molecular weight excluding hydrogens is 304 g/mol. The van der Waals surface area contributed by atoms with Crippen LogP contribution in [0.4, 0.5) is 0 Å². The maximum atomic E-state index is 12.3. The third kappa shape index (κ3) is 3.53. The van der Waals surface area contributed by atoms with Gasteiger partial charge in [-0.2, -0.15) is 0 Å². The molecule has 1 N–H and O–H groups in total. The van der Waals surface area contributed by atoms with Crippen LogP contribution < -0.4 is 10.1 Å². The minimum atomic E-state index is -0.241. The molecule has 0 aliphatic heterocycles. The zero-order valence-electron chi connectivity index (χ0n) is 13.7. The molecule has 0 aliphatic carbocycles. The van der Waals surface area contributed by atoms with Gasteiger partial charge in [0.15, 0.2) is 18.1 Å². The second-order valence-electron chi connectivity index (χ2n) is 5.88. The van der Waals surface area contributed by atoms with E-state index < -0.39 is 0 Å². The SMILES string of the molecule is CC(C)C(NC(=O)COc1ccccc1)c1nnc2ccccn12. The van der Waals surface area contributed by atoms with Gasteiger partial charge in [-0.05, 0) is 30.2 Å². The van der Waals surface area contributed by atoms with Gasteiger partial charge in [-0.25, -0.2) is 0 Å². The highest BCUT2D eigenvalue weighted by molar-refractivity contribution is 5.78. The monoisotopic (exact) mass is 324 g/mol. The molecule has 0 bridgehead atoms. The molecule has 1 atom stereocenters. The van der Waals surface area contributed by atoms with Crippen molar-refractivity contribution in [1.29, 1.82) is 0 Å². The summed E-state index contributed by atoms with van der Waals surface area (Å²) >= 11 is 0. The highest BCUT2D eigenvalue weighted by Crippen LogP contribution is 2.20. The Hall–Kier alpha value is -2.89. The van der Waals surface area contributed by atoms with E-state index in [9.17, 15) is 4.79 Å². The van der Waals surface area contributed by atoms with Crippen molar-refractivity contribution in [3.05, 3.63) is 60.6 Å². The van der Waals surface area contributed by atoms with E-state index in [1.54, 1.807) is 0 Å². The van der Waals surface area contributed by atoms with Gasteiger partial charge in [0.2, 0.25) is 0 Å². The molecule has 24 heavy (non-hydrogen) atoms. The molecule has 0 saturated carbocycles. The number of para-hydroxylation sites is 1. The zero-order chi connectivity index (χ0) is 16.9. The number of ether oxygens (including phenoxy) is 1. The lowest BCUT2D eigenvalue weighted by Gasteiger charge is -2.21. The number of fused-ring (bicyclic) bond motifs is 1. The number of amides is 1. The zero-order valence-corrected chi connectivity index (χ0v) is 13.7. The van der Waals surface area contributed by atoms with Gasteiger partial charge >= 0.3 is 0 Å². The smallest absolute Gasteiger partial charge is 0.258 e. The van der Waals surface area contributed by atoms with Gasteiger partial charge in [-0.15, -0.1) is 10.2 Å². The van der Waals surface area contributed by atoms with Gasteiger partial charge in [-0.3, -0.25) is 9.20 Å². The van der Waals surface area contributed by atoms with Crippen molar-refractivity contribution >= 4 is 11.6 Å². The summed E-state index contributed by atoms with van der Waals surface area (Å²) in [7, 11) is 0. The maximum Gasteiger partial charge on any atom is 0.258 e. The van der Waals surface area contributed by atoms with Crippen molar-refractivity contribution in [3.63, 3.8) is 0 Å². The molecule has 0 saturated heterocycles. The van der Waals surface area contributed by atoms with Gasteiger partial charge < -0.3 is 10.1 Å². The molecule has 2 heterocycles. The molecule has 0 aliphatic rings. The van der Waals surface area contributed by atoms with Crippen LogP contribution in [-0.2, 0) is 4.79 Å².